The molecule has 1 N–H and O–H groups in total. The van der Waals surface area contributed by atoms with Crippen molar-refractivity contribution in [3.8, 4) is 5.75 Å². The molecule has 0 radical (unpaired) electrons. The normalized spacial score (nSPS) is 13.1. The van der Waals surface area contributed by atoms with Gasteiger partial charge in [-0.25, -0.2) is 0 Å². The van der Waals surface area contributed by atoms with Crippen LogP contribution < -0.4 is 9.50 Å². The number of alkyl halides is 3. The Morgan fingerprint density at radius 3 is 2.20 bits per heavy atom. The number of carbonyl (C=O) groups is 1. The van der Waals surface area contributed by atoms with Gasteiger partial charge in [0.05, 0.1) is 5.92 Å². The highest BCUT2D eigenvalue weighted by Gasteiger charge is 2.48. The summed E-state index contributed by atoms with van der Waals surface area (Å²) in [5, 5.41) is 2.66. The maximum absolute atomic E-state index is 12.3. The Bertz CT molecular complexity index is 837. The lowest BCUT2D eigenvalue weighted by atomic mass is 10.0. The molecule has 1 aromatic carbocycles. The van der Waals surface area contributed by atoms with Crippen LogP contribution in [0, 0.1) is 0 Å². The molecule has 2 aromatic rings. The molecular weight excluding hydrogens is 361 g/mol. The molecule has 25 heavy (non-hydrogen) atoms. The van der Waals surface area contributed by atoms with Gasteiger partial charge in [0.25, 0.3) is 0 Å². The van der Waals surface area contributed by atoms with E-state index in [1.54, 1.807) is 19.1 Å². The van der Waals surface area contributed by atoms with Crippen molar-refractivity contribution < 1.29 is 30.6 Å². The number of hydrogen-bond acceptors (Lipinski definition) is 5. The molecule has 1 amide bonds. The number of pyridine rings is 1. The number of hydrogen-bond donors (Lipinski definition) is 1. The monoisotopic (exact) mass is 374 g/mol. The van der Waals surface area contributed by atoms with E-state index >= 15 is 0 Å². The lowest BCUT2D eigenvalue weighted by Crippen LogP contribution is -2.28. The Morgan fingerprint density at radius 1 is 1.12 bits per heavy atom. The van der Waals surface area contributed by atoms with E-state index in [1.165, 1.54) is 24.5 Å². The van der Waals surface area contributed by atoms with E-state index in [2.05, 4.69) is 14.5 Å². The third-order valence-electron chi connectivity index (χ3n) is 3.21. The van der Waals surface area contributed by atoms with Crippen molar-refractivity contribution in [2.45, 2.75) is 18.3 Å². The second kappa shape index (κ2) is 7.09. The van der Waals surface area contributed by atoms with Gasteiger partial charge in [-0.2, -0.15) is 21.6 Å². The van der Waals surface area contributed by atoms with Crippen LogP contribution in [0.4, 0.5) is 18.9 Å². The minimum Gasteiger partial charge on any atom is -0.376 e. The summed E-state index contributed by atoms with van der Waals surface area (Å²) < 4.78 is 62.7. The second-order valence-electron chi connectivity index (χ2n) is 5.00. The zero-order valence-corrected chi connectivity index (χ0v) is 13.6. The van der Waals surface area contributed by atoms with E-state index in [1.807, 2.05) is 0 Å². The summed E-state index contributed by atoms with van der Waals surface area (Å²) >= 11 is 0. The number of nitrogens with one attached hydrogen (secondary N) is 1. The van der Waals surface area contributed by atoms with Crippen molar-refractivity contribution in [1.82, 2.24) is 4.98 Å². The molecule has 134 valence electrons. The van der Waals surface area contributed by atoms with Crippen molar-refractivity contribution >= 4 is 21.7 Å². The van der Waals surface area contributed by atoms with Gasteiger partial charge in [-0.05, 0) is 36.8 Å². The number of halogens is 3. The fourth-order valence-corrected chi connectivity index (χ4v) is 2.28. The van der Waals surface area contributed by atoms with Crippen molar-refractivity contribution in [1.29, 1.82) is 0 Å². The van der Waals surface area contributed by atoms with Crippen LogP contribution in [-0.2, 0) is 14.9 Å². The van der Waals surface area contributed by atoms with Gasteiger partial charge in [-0.3, -0.25) is 9.78 Å². The Morgan fingerprint density at radius 2 is 1.68 bits per heavy atom. The molecule has 0 saturated heterocycles. The molecule has 10 heteroatoms. The van der Waals surface area contributed by atoms with Gasteiger partial charge in [0.2, 0.25) is 5.91 Å². The van der Waals surface area contributed by atoms with Crippen molar-refractivity contribution in [2.24, 2.45) is 0 Å². The first-order chi connectivity index (χ1) is 11.6. The second-order valence-corrected chi connectivity index (χ2v) is 6.54. The van der Waals surface area contributed by atoms with Gasteiger partial charge in [-0.1, -0.05) is 12.1 Å². The summed E-state index contributed by atoms with van der Waals surface area (Å²) in [6, 6.07) is 7.94. The first kappa shape index (κ1) is 18.7. The molecule has 0 bridgehead atoms. The fourth-order valence-electron chi connectivity index (χ4n) is 1.82. The molecule has 1 atom stereocenters. The molecule has 0 spiro atoms. The maximum Gasteiger partial charge on any atom is 0.534 e. The Hall–Kier alpha value is -2.62. The Labute approximate surface area is 141 Å². The van der Waals surface area contributed by atoms with E-state index in [9.17, 15) is 26.4 Å². The maximum atomic E-state index is 12.3. The highest BCUT2D eigenvalue weighted by molar-refractivity contribution is 7.88. The average Bonchev–Trinajstić information content (AvgIpc) is 2.54. The van der Waals surface area contributed by atoms with E-state index in [0.29, 0.717) is 11.3 Å². The third kappa shape index (κ3) is 4.69. The summed E-state index contributed by atoms with van der Waals surface area (Å²) in [6.07, 6.45) is 3.01. The van der Waals surface area contributed by atoms with Gasteiger partial charge in [0.1, 0.15) is 5.75 Å². The van der Waals surface area contributed by atoms with Crippen LogP contribution in [-0.4, -0.2) is 24.8 Å². The van der Waals surface area contributed by atoms with Crippen LogP contribution in [0.15, 0.2) is 48.8 Å². The number of rotatable bonds is 5. The van der Waals surface area contributed by atoms with E-state index in [0.717, 1.165) is 12.1 Å². The largest absolute Gasteiger partial charge is 0.534 e. The standard InChI is InChI=1S/C15H13F3N2O4S/c1-10(14(21)20-12-6-8-19-9-7-12)11-2-4-13(5-3-11)24-25(22,23)15(16,17)18/h2-10H,1H3,(H,19,20,21)/t10-/m1/s1. The highest BCUT2D eigenvalue weighted by Crippen LogP contribution is 2.28. The predicted molar refractivity (Wildman–Crippen MR) is 83.3 cm³/mol. The van der Waals surface area contributed by atoms with Gasteiger partial charge >= 0.3 is 15.6 Å². The lowest BCUT2D eigenvalue weighted by molar-refractivity contribution is -0.117. The predicted octanol–water partition coefficient (Wildman–Crippen LogP) is 3.05. The molecule has 0 saturated carbocycles. The zero-order valence-electron chi connectivity index (χ0n) is 12.8. The summed E-state index contributed by atoms with van der Waals surface area (Å²) in [4.78, 5) is 16.0. The number of amides is 1. The first-order valence-electron chi connectivity index (χ1n) is 6.92. The summed E-state index contributed by atoms with van der Waals surface area (Å²) in [7, 11) is -5.73. The molecule has 0 aliphatic carbocycles. The third-order valence-corrected chi connectivity index (χ3v) is 4.19. The van der Waals surface area contributed by atoms with Crippen LogP contribution in [0.25, 0.3) is 0 Å². The summed E-state index contributed by atoms with van der Waals surface area (Å²) in [5.74, 6) is -1.47. The molecule has 0 aliphatic rings. The topological polar surface area (TPSA) is 85.4 Å². The Balaban J connectivity index is 2.07. The van der Waals surface area contributed by atoms with Crippen LogP contribution in [0.1, 0.15) is 18.4 Å². The lowest BCUT2D eigenvalue weighted by Gasteiger charge is -2.14. The first-order valence-corrected chi connectivity index (χ1v) is 8.32. The molecule has 6 nitrogen and oxygen atoms in total. The van der Waals surface area contributed by atoms with Crippen LogP contribution in [0.2, 0.25) is 0 Å². The van der Waals surface area contributed by atoms with Gasteiger partial charge in [-0.15, -0.1) is 0 Å². The SMILES string of the molecule is C[C@@H](C(=O)Nc1ccncc1)c1ccc(OS(=O)(=O)C(F)(F)F)cc1. The summed E-state index contributed by atoms with van der Waals surface area (Å²) in [6.45, 7) is 1.60. The van der Waals surface area contributed by atoms with Crippen molar-refractivity contribution in [3.05, 3.63) is 54.4 Å². The van der Waals surface area contributed by atoms with Gasteiger partial charge in [0, 0.05) is 18.1 Å². The minimum atomic E-state index is -5.73. The van der Waals surface area contributed by atoms with E-state index < -0.39 is 27.3 Å². The van der Waals surface area contributed by atoms with Gasteiger partial charge in [0.15, 0.2) is 0 Å². The highest BCUT2D eigenvalue weighted by atomic mass is 32.2. The molecule has 1 aromatic heterocycles. The van der Waals surface area contributed by atoms with E-state index in [4.69, 9.17) is 0 Å². The summed E-state index contributed by atoms with van der Waals surface area (Å²) in [5.41, 5.74) is -4.49. The number of anilines is 1. The van der Waals surface area contributed by atoms with E-state index in [-0.39, 0.29) is 5.91 Å². The molecule has 0 fully saturated rings. The van der Waals surface area contributed by atoms with Crippen molar-refractivity contribution in [3.63, 3.8) is 0 Å². The van der Waals surface area contributed by atoms with Crippen LogP contribution in [0.3, 0.4) is 0 Å². The number of nitrogens with zero attached hydrogens (tertiary/aromatic N) is 1. The Kier molecular flexibility index (Phi) is 5.31. The van der Waals surface area contributed by atoms with Crippen molar-refractivity contribution in [2.75, 3.05) is 5.32 Å². The van der Waals surface area contributed by atoms with Crippen LogP contribution >= 0.6 is 0 Å². The van der Waals surface area contributed by atoms with Gasteiger partial charge < -0.3 is 9.50 Å². The quantitative estimate of drug-likeness (QED) is 0.642. The number of benzene rings is 1. The van der Waals surface area contributed by atoms with Crippen LogP contribution in [0.5, 0.6) is 5.75 Å². The zero-order chi connectivity index (χ0) is 18.7. The minimum absolute atomic E-state index is 0.345. The number of aromatic nitrogens is 1. The number of carbonyl (C=O) groups excluding carboxylic acids is 1. The molecular formula is C15H13F3N2O4S. The molecule has 2 rings (SSSR count). The molecule has 0 aliphatic heterocycles. The average molecular weight is 374 g/mol. The fraction of sp³-hybridized carbons (Fsp3) is 0.200. The molecule has 0 unspecified atom stereocenters. The smallest absolute Gasteiger partial charge is 0.376 e. The molecule has 1 heterocycles.